The van der Waals surface area contributed by atoms with Gasteiger partial charge >= 0.3 is 6.03 Å². The van der Waals surface area contributed by atoms with Crippen LogP contribution in [-0.2, 0) is 11.3 Å². The molecule has 8 heteroatoms. The van der Waals surface area contributed by atoms with Gasteiger partial charge in [-0.1, -0.05) is 12.1 Å². The first-order valence-electron chi connectivity index (χ1n) is 8.56. The van der Waals surface area contributed by atoms with Gasteiger partial charge in [-0.2, -0.15) is 0 Å². The minimum absolute atomic E-state index is 0.0763. The zero-order chi connectivity index (χ0) is 18.8. The van der Waals surface area contributed by atoms with Gasteiger partial charge in [-0.15, -0.1) is 0 Å². The lowest BCUT2D eigenvalue weighted by molar-refractivity contribution is -0.128. The Kier molecular flexibility index (Phi) is 4.53. The van der Waals surface area contributed by atoms with Crippen LogP contribution in [0.5, 0.6) is 11.5 Å². The van der Waals surface area contributed by atoms with Crippen LogP contribution in [0.15, 0.2) is 42.5 Å². The standard InChI is InChI=1S/C19H18FN3O4/c20-13-3-1-2-12(6-13)9-23-10-15(8-18(23)24)22-19(25)21-14-4-5-16-17(7-14)27-11-26-16/h1-7,15H,8-11H2,(H2,21,22,25)/t15-/m1/s1. The van der Waals surface area contributed by atoms with Gasteiger partial charge in [0.05, 0.1) is 6.04 Å². The molecule has 27 heavy (non-hydrogen) atoms. The second kappa shape index (κ2) is 7.14. The van der Waals surface area contributed by atoms with E-state index in [2.05, 4.69) is 10.6 Å². The average molecular weight is 371 g/mol. The molecule has 2 aromatic carbocycles. The molecule has 0 aromatic heterocycles. The van der Waals surface area contributed by atoms with Crippen molar-refractivity contribution in [2.75, 3.05) is 18.7 Å². The average Bonchev–Trinajstić information content (AvgIpc) is 3.21. The molecule has 2 aliphatic heterocycles. The fraction of sp³-hybridized carbons (Fsp3) is 0.263. The Morgan fingerprint density at radius 1 is 1.19 bits per heavy atom. The Morgan fingerprint density at radius 2 is 2.04 bits per heavy atom. The van der Waals surface area contributed by atoms with Crippen molar-refractivity contribution < 1.29 is 23.5 Å². The third-order valence-electron chi connectivity index (χ3n) is 4.44. The molecule has 0 bridgehead atoms. The summed E-state index contributed by atoms with van der Waals surface area (Å²) in [5.41, 5.74) is 1.28. The summed E-state index contributed by atoms with van der Waals surface area (Å²) >= 11 is 0. The molecule has 3 amide bonds. The number of hydrogen-bond acceptors (Lipinski definition) is 4. The van der Waals surface area contributed by atoms with Crippen molar-refractivity contribution in [1.82, 2.24) is 10.2 Å². The molecule has 4 rings (SSSR count). The van der Waals surface area contributed by atoms with Crippen LogP contribution in [0.1, 0.15) is 12.0 Å². The number of benzene rings is 2. The predicted octanol–water partition coefficient (Wildman–Crippen LogP) is 2.48. The lowest BCUT2D eigenvalue weighted by Crippen LogP contribution is -2.39. The summed E-state index contributed by atoms with van der Waals surface area (Å²) in [4.78, 5) is 26.0. The van der Waals surface area contributed by atoms with Crippen molar-refractivity contribution in [3.8, 4) is 11.5 Å². The Morgan fingerprint density at radius 3 is 2.89 bits per heavy atom. The van der Waals surface area contributed by atoms with Crippen LogP contribution in [-0.4, -0.2) is 36.2 Å². The molecule has 0 saturated carbocycles. The van der Waals surface area contributed by atoms with E-state index in [-0.39, 0.29) is 31.0 Å². The summed E-state index contributed by atoms with van der Waals surface area (Å²) in [6.45, 7) is 0.860. The van der Waals surface area contributed by atoms with Crippen molar-refractivity contribution in [3.63, 3.8) is 0 Å². The van der Waals surface area contributed by atoms with E-state index in [1.165, 1.54) is 12.1 Å². The fourth-order valence-corrected chi connectivity index (χ4v) is 3.20. The number of hydrogen-bond donors (Lipinski definition) is 2. The number of fused-ring (bicyclic) bond motifs is 1. The van der Waals surface area contributed by atoms with Crippen LogP contribution in [0.3, 0.4) is 0 Å². The van der Waals surface area contributed by atoms with Crippen molar-refractivity contribution in [2.45, 2.75) is 19.0 Å². The maximum Gasteiger partial charge on any atom is 0.319 e. The minimum atomic E-state index is -0.403. The molecular formula is C19H18FN3O4. The largest absolute Gasteiger partial charge is 0.454 e. The molecule has 2 N–H and O–H groups in total. The van der Waals surface area contributed by atoms with E-state index < -0.39 is 6.03 Å². The summed E-state index contributed by atoms with van der Waals surface area (Å²) in [5.74, 6) is 0.796. The molecule has 1 atom stereocenters. The Balaban J connectivity index is 1.32. The van der Waals surface area contributed by atoms with Crippen molar-refractivity contribution in [2.24, 2.45) is 0 Å². The first-order valence-corrected chi connectivity index (χ1v) is 8.56. The fourth-order valence-electron chi connectivity index (χ4n) is 3.20. The summed E-state index contributed by atoms with van der Waals surface area (Å²) < 4.78 is 23.8. The van der Waals surface area contributed by atoms with Crippen LogP contribution >= 0.6 is 0 Å². The second-order valence-corrected chi connectivity index (χ2v) is 6.47. The van der Waals surface area contributed by atoms with Crippen LogP contribution < -0.4 is 20.1 Å². The number of amides is 3. The van der Waals surface area contributed by atoms with Gasteiger partial charge in [0, 0.05) is 31.3 Å². The van der Waals surface area contributed by atoms with E-state index in [0.717, 1.165) is 0 Å². The first-order chi connectivity index (χ1) is 13.1. The molecule has 1 saturated heterocycles. The minimum Gasteiger partial charge on any atom is -0.454 e. The number of nitrogens with zero attached hydrogens (tertiary/aromatic N) is 1. The van der Waals surface area contributed by atoms with Crippen molar-refractivity contribution >= 4 is 17.6 Å². The van der Waals surface area contributed by atoms with Crippen molar-refractivity contribution in [3.05, 3.63) is 53.8 Å². The van der Waals surface area contributed by atoms with Gasteiger partial charge in [0.25, 0.3) is 0 Å². The normalized spacial score (nSPS) is 17.9. The van der Waals surface area contributed by atoms with E-state index in [9.17, 15) is 14.0 Å². The van der Waals surface area contributed by atoms with E-state index in [4.69, 9.17) is 9.47 Å². The Hall–Kier alpha value is -3.29. The zero-order valence-electron chi connectivity index (χ0n) is 14.4. The molecule has 0 aliphatic carbocycles. The van der Waals surface area contributed by atoms with Gasteiger partial charge in [0.15, 0.2) is 11.5 Å². The molecule has 2 aliphatic rings. The maximum atomic E-state index is 13.3. The molecule has 0 spiro atoms. The van der Waals surface area contributed by atoms with Crippen LogP contribution in [0, 0.1) is 5.82 Å². The number of ether oxygens (including phenoxy) is 2. The number of rotatable bonds is 4. The maximum absolute atomic E-state index is 13.3. The number of likely N-dealkylation sites (tertiary alicyclic amines) is 1. The van der Waals surface area contributed by atoms with E-state index in [0.29, 0.717) is 35.8 Å². The molecule has 2 heterocycles. The van der Waals surface area contributed by atoms with Gasteiger partial charge < -0.3 is 25.0 Å². The van der Waals surface area contributed by atoms with Crippen molar-refractivity contribution in [1.29, 1.82) is 0 Å². The summed E-state index contributed by atoms with van der Waals surface area (Å²) in [6, 6.07) is 10.5. The van der Waals surface area contributed by atoms with Crippen LogP contribution in [0.4, 0.5) is 14.9 Å². The SMILES string of the molecule is O=C(Nc1ccc2c(c1)OCO2)N[C@@H]1CC(=O)N(Cc2cccc(F)c2)C1. The third kappa shape index (κ3) is 3.94. The molecule has 0 unspecified atom stereocenters. The van der Waals surface area contributed by atoms with E-state index in [1.807, 2.05) is 0 Å². The number of urea groups is 1. The topological polar surface area (TPSA) is 79.9 Å². The second-order valence-electron chi connectivity index (χ2n) is 6.47. The zero-order valence-corrected chi connectivity index (χ0v) is 14.4. The van der Waals surface area contributed by atoms with Gasteiger partial charge in [0.1, 0.15) is 5.82 Å². The number of nitrogens with one attached hydrogen (secondary N) is 2. The summed E-state index contributed by atoms with van der Waals surface area (Å²) in [7, 11) is 0. The molecule has 7 nitrogen and oxygen atoms in total. The highest BCUT2D eigenvalue weighted by Crippen LogP contribution is 2.34. The predicted molar refractivity (Wildman–Crippen MR) is 94.9 cm³/mol. The monoisotopic (exact) mass is 371 g/mol. The molecule has 0 radical (unpaired) electrons. The lowest BCUT2D eigenvalue weighted by atomic mass is 10.2. The number of halogens is 1. The highest BCUT2D eigenvalue weighted by molar-refractivity contribution is 5.91. The van der Waals surface area contributed by atoms with Gasteiger partial charge in [-0.25, -0.2) is 9.18 Å². The van der Waals surface area contributed by atoms with Gasteiger partial charge in [0.2, 0.25) is 12.7 Å². The van der Waals surface area contributed by atoms with Crippen LogP contribution in [0.2, 0.25) is 0 Å². The van der Waals surface area contributed by atoms with Gasteiger partial charge in [-0.3, -0.25) is 4.79 Å². The Labute approximate surface area is 155 Å². The molecule has 1 fully saturated rings. The molecule has 2 aromatic rings. The smallest absolute Gasteiger partial charge is 0.319 e. The van der Waals surface area contributed by atoms with E-state index >= 15 is 0 Å². The quantitative estimate of drug-likeness (QED) is 0.865. The highest BCUT2D eigenvalue weighted by atomic mass is 19.1. The number of carbonyl (C=O) groups is 2. The third-order valence-corrected chi connectivity index (χ3v) is 4.44. The first kappa shape index (κ1) is 17.1. The molecular weight excluding hydrogens is 353 g/mol. The summed E-state index contributed by atoms with van der Waals surface area (Å²) in [5, 5.41) is 5.51. The molecule has 140 valence electrons. The van der Waals surface area contributed by atoms with Gasteiger partial charge in [-0.05, 0) is 29.8 Å². The lowest BCUT2D eigenvalue weighted by Gasteiger charge is -2.17. The highest BCUT2D eigenvalue weighted by Gasteiger charge is 2.30. The number of carbonyl (C=O) groups excluding carboxylic acids is 2. The summed E-state index contributed by atoms with van der Waals surface area (Å²) in [6.07, 6.45) is 0.212. The van der Waals surface area contributed by atoms with E-state index in [1.54, 1.807) is 35.2 Å². The Bertz CT molecular complexity index is 889. The number of anilines is 1. The van der Waals surface area contributed by atoms with Crippen LogP contribution in [0.25, 0.3) is 0 Å².